The molecule has 3 rings (SSSR count). The second kappa shape index (κ2) is 11.1. The monoisotopic (exact) mass is 583 g/mol. The Morgan fingerprint density at radius 1 is 1.41 bits per heavy atom. The summed E-state index contributed by atoms with van der Waals surface area (Å²) in [6.45, 7) is -0.257. The van der Waals surface area contributed by atoms with E-state index in [0.29, 0.717) is 5.52 Å². The van der Waals surface area contributed by atoms with Crippen molar-refractivity contribution < 1.29 is 72.6 Å². The van der Waals surface area contributed by atoms with Crippen molar-refractivity contribution in [3.05, 3.63) is 24.2 Å². The Hall–Kier alpha value is -1.07. The van der Waals surface area contributed by atoms with Gasteiger partial charge in [0.25, 0.3) is 0 Å². The number of nitriles is 1. The molecule has 0 saturated carbocycles. The molecule has 1 aliphatic heterocycles. The molecule has 27 heavy (non-hydrogen) atoms. The second-order valence-electron chi connectivity index (χ2n) is 4.97. The number of nitrogens with two attached hydrogens (primary N) is 1. The van der Waals surface area contributed by atoms with Crippen LogP contribution in [0.25, 0.3) is 5.52 Å². The van der Waals surface area contributed by atoms with E-state index in [2.05, 4.69) is 14.6 Å². The third-order valence-corrected chi connectivity index (χ3v) is 4.03. The molecule has 15 heteroatoms. The SMILES string of the molecule is N#C[C@@]1(c2ccc3c(N)ncnn23)O[C@H](COP=O)[C@@H](O)[C@H]1O.[O]=[Ag].[O]=[Ag]. The number of nitrogen functional groups attached to an aromatic ring is 1. The zero-order chi connectivity index (χ0) is 20.6. The predicted molar refractivity (Wildman–Crippen MR) is 76.5 cm³/mol. The van der Waals surface area contributed by atoms with Gasteiger partial charge in [0.15, 0.2) is 5.82 Å². The summed E-state index contributed by atoms with van der Waals surface area (Å²) >= 11 is 3.40. The minimum atomic E-state index is -1.87. The Morgan fingerprint density at radius 2 is 2.07 bits per heavy atom. The van der Waals surface area contributed by atoms with Crippen molar-refractivity contribution in [1.82, 2.24) is 14.6 Å². The number of anilines is 1. The van der Waals surface area contributed by atoms with Crippen LogP contribution < -0.4 is 5.73 Å². The van der Waals surface area contributed by atoms with Crippen molar-refractivity contribution >= 4 is 20.0 Å². The van der Waals surface area contributed by atoms with Crippen molar-refractivity contribution in [1.29, 1.82) is 5.26 Å². The number of rotatable bonds is 4. The first-order valence-electron chi connectivity index (χ1n) is 6.78. The summed E-state index contributed by atoms with van der Waals surface area (Å²) in [5, 5.41) is 34.1. The Bertz CT molecular complexity index is 834. The van der Waals surface area contributed by atoms with E-state index in [-0.39, 0.29) is 18.1 Å². The van der Waals surface area contributed by atoms with E-state index in [1.54, 1.807) is 48.1 Å². The van der Waals surface area contributed by atoms with Gasteiger partial charge in [0.1, 0.15) is 36.2 Å². The van der Waals surface area contributed by atoms with Gasteiger partial charge in [-0.2, -0.15) is 10.4 Å². The van der Waals surface area contributed by atoms with Crippen LogP contribution in [0.3, 0.4) is 0 Å². The minimum absolute atomic E-state index is 0.192. The number of hydrogen-bond acceptors (Lipinski definition) is 11. The standard InChI is InChI=1S/C12H12N5O5P.2Ag.2O/c13-4-12(10(19)9(18)7(22-12)3-21-23-20)8-2-1-6-11(14)15-5-16-17(6)8;;;;/h1-2,5,7,9-10,18-19H,3H2,(H2,14,15,16);;;;/t7-,9-,10-,12+;;;;/m1..../s1. The van der Waals surface area contributed by atoms with E-state index in [9.17, 15) is 20.0 Å². The van der Waals surface area contributed by atoms with E-state index in [4.69, 9.17) is 17.0 Å². The van der Waals surface area contributed by atoms with Gasteiger partial charge in [-0.15, -0.1) is 0 Å². The molecule has 0 unspecified atom stereocenters. The maximum atomic E-state index is 10.4. The topological polar surface area (TPSA) is 190 Å². The number of aromatic nitrogens is 3. The fourth-order valence-corrected chi connectivity index (χ4v) is 2.86. The van der Waals surface area contributed by atoms with E-state index in [0.717, 1.165) is 0 Å². The predicted octanol–water partition coefficient (Wildman–Crippen LogP) is -0.868. The van der Waals surface area contributed by atoms with Gasteiger partial charge < -0.3 is 20.7 Å². The van der Waals surface area contributed by atoms with E-state index in [1.165, 1.54) is 16.9 Å². The molecule has 0 bridgehead atoms. The maximum absolute atomic E-state index is 10.4. The van der Waals surface area contributed by atoms with Gasteiger partial charge in [0.2, 0.25) is 5.60 Å². The number of aliphatic hydroxyl groups excluding tert-OH is 2. The molecule has 0 spiro atoms. The zero-order valence-corrected chi connectivity index (χ0v) is 16.9. The van der Waals surface area contributed by atoms with Crippen molar-refractivity contribution in [3.8, 4) is 6.07 Å². The van der Waals surface area contributed by atoms with Crippen molar-refractivity contribution in [2.45, 2.75) is 23.9 Å². The summed E-state index contributed by atoms with van der Waals surface area (Å²) in [5.41, 5.74) is 4.49. The molecule has 1 saturated heterocycles. The molecule has 4 N–H and O–H groups in total. The van der Waals surface area contributed by atoms with Crippen LogP contribution in [0.5, 0.6) is 0 Å². The summed E-state index contributed by atoms with van der Waals surface area (Å²) in [4.78, 5) is 3.84. The Labute approximate surface area is 178 Å². The van der Waals surface area contributed by atoms with Gasteiger partial charge in [0, 0.05) is 0 Å². The van der Waals surface area contributed by atoms with Crippen LogP contribution in [-0.2, 0) is 68.0 Å². The molecular formula is C12H12Ag2N5O7P. The van der Waals surface area contributed by atoms with Gasteiger partial charge in [-0.05, 0) is 12.1 Å². The van der Waals surface area contributed by atoms with Gasteiger partial charge in [-0.1, -0.05) is 0 Å². The van der Waals surface area contributed by atoms with E-state index in [1.807, 2.05) is 6.07 Å². The molecule has 3 heterocycles. The molecule has 0 aliphatic carbocycles. The molecule has 12 nitrogen and oxygen atoms in total. The van der Waals surface area contributed by atoms with Crippen molar-refractivity contribution in [2.75, 3.05) is 12.3 Å². The average molecular weight is 585 g/mol. The van der Waals surface area contributed by atoms with Crippen LogP contribution in [0.2, 0.25) is 0 Å². The Morgan fingerprint density at radius 3 is 2.67 bits per heavy atom. The molecule has 154 valence electrons. The summed E-state index contributed by atoms with van der Waals surface area (Å²) in [6, 6.07) is 4.97. The van der Waals surface area contributed by atoms with Crippen LogP contribution in [0.15, 0.2) is 18.5 Å². The van der Waals surface area contributed by atoms with Gasteiger partial charge >= 0.3 is 57.3 Å². The van der Waals surface area contributed by atoms with E-state index >= 15 is 0 Å². The third-order valence-electron chi connectivity index (χ3n) is 3.78. The van der Waals surface area contributed by atoms with Crippen LogP contribution in [-0.4, -0.2) is 49.7 Å². The first-order valence-corrected chi connectivity index (χ1v) is 8.72. The molecule has 0 radical (unpaired) electrons. The molecule has 1 aliphatic rings. The van der Waals surface area contributed by atoms with Crippen LogP contribution in [0.4, 0.5) is 5.82 Å². The first kappa shape index (κ1) is 24.0. The fourth-order valence-electron chi connectivity index (χ4n) is 2.65. The molecule has 0 amide bonds. The molecule has 2 aromatic rings. The summed E-state index contributed by atoms with van der Waals surface area (Å²) < 4.78 is 38.1. The summed E-state index contributed by atoms with van der Waals surface area (Å²) in [7, 11) is -0.595. The Kier molecular flexibility index (Phi) is 9.82. The van der Waals surface area contributed by atoms with Crippen molar-refractivity contribution in [2.24, 2.45) is 0 Å². The van der Waals surface area contributed by atoms with Gasteiger partial charge in [0.05, 0.1) is 12.3 Å². The number of ether oxygens (including phenoxy) is 1. The summed E-state index contributed by atoms with van der Waals surface area (Å²) in [6.07, 6.45) is -2.79. The van der Waals surface area contributed by atoms with Crippen LogP contribution in [0, 0.1) is 11.3 Å². The van der Waals surface area contributed by atoms with Gasteiger partial charge in [-0.25, -0.2) is 14.1 Å². The second-order valence-corrected chi connectivity index (χ2v) is 5.38. The molecule has 1 fully saturated rings. The number of nitrogens with zero attached hydrogens (tertiary/aromatic N) is 4. The molecular weight excluding hydrogens is 573 g/mol. The molecule has 2 aromatic heterocycles. The molecule has 4 atom stereocenters. The number of aliphatic hydroxyl groups is 2. The van der Waals surface area contributed by atoms with Crippen molar-refractivity contribution in [3.63, 3.8) is 0 Å². The first-order chi connectivity index (χ1) is 13.0. The third kappa shape index (κ3) is 4.51. The zero-order valence-electron chi connectivity index (χ0n) is 13.0. The van der Waals surface area contributed by atoms with E-state index < -0.39 is 32.6 Å². The average Bonchev–Trinajstić information content (AvgIpc) is 3.26. The number of fused-ring (bicyclic) bond motifs is 1. The normalized spacial score (nSPS) is 26.6. The van der Waals surface area contributed by atoms with Crippen LogP contribution in [0.1, 0.15) is 5.69 Å². The number of hydrogen-bond donors (Lipinski definition) is 3. The summed E-state index contributed by atoms with van der Waals surface area (Å²) in [5.74, 6) is 0.192. The van der Waals surface area contributed by atoms with Crippen LogP contribution >= 0.6 is 8.69 Å². The van der Waals surface area contributed by atoms with Gasteiger partial charge in [-0.3, -0.25) is 4.52 Å². The Balaban J connectivity index is 0.000000855. The quantitative estimate of drug-likeness (QED) is 0.299. The fraction of sp³-hybridized carbons (Fsp3) is 0.417. The molecule has 0 aromatic carbocycles.